The molecule has 0 aliphatic carbocycles. The molecule has 1 heterocycles. The maximum atomic E-state index is 11.2. The van der Waals surface area contributed by atoms with Gasteiger partial charge in [0.15, 0.2) is 0 Å². The van der Waals surface area contributed by atoms with E-state index in [9.17, 15) is 4.79 Å². The van der Waals surface area contributed by atoms with Crippen LogP contribution in [0.4, 0.5) is 11.4 Å². The molecular formula is C11H16N4O. The molecule has 0 bridgehead atoms. The number of hydrogen-bond donors (Lipinski definition) is 3. The van der Waals surface area contributed by atoms with Crippen LogP contribution >= 0.6 is 0 Å². The molecule has 1 aromatic carbocycles. The molecule has 5 heteroatoms. The van der Waals surface area contributed by atoms with Crippen LogP contribution in [0.1, 0.15) is 13.8 Å². The van der Waals surface area contributed by atoms with Gasteiger partial charge in [0.1, 0.15) is 0 Å². The molecule has 86 valence electrons. The molecule has 0 aliphatic rings. The van der Waals surface area contributed by atoms with Crippen LogP contribution in [0.2, 0.25) is 0 Å². The molecule has 0 spiro atoms. The van der Waals surface area contributed by atoms with Gasteiger partial charge < -0.3 is 20.6 Å². The summed E-state index contributed by atoms with van der Waals surface area (Å²) < 4.78 is 0. The molecule has 5 nitrogen and oxygen atoms in total. The van der Waals surface area contributed by atoms with E-state index < -0.39 is 0 Å². The highest BCUT2D eigenvalue weighted by Gasteiger charge is 2.09. The molecular weight excluding hydrogens is 204 g/mol. The summed E-state index contributed by atoms with van der Waals surface area (Å²) >= 11 is 0. The van der Waals surface area contributed by atoms with E-state index in [1.165, 1.54) is 0 Å². The Bertz CT molecular complexity index is 551. The van der Waals surface area contributed by atoms with Crippen LogP contribution in [0.15, 0.2) is 16.9 Å². The lowest BCUT2D eigenvalue weighted by atomic mass is 10.2. The minimum Gasteiger partial charge on any atom is -0.397 e. The maximum Gasteiger partial charge on any atom is 0.323 e. The molecule has 4 N–H and O–H groups in total. The van der Waals surface area contributed by atoms with Gasteiger partial charge in [0.05, 0.1) is 22.4 Å². The Morgan fingerprint density at radius 3 is 2.31 bits per heavy atom. The molecule has 0 radical (unpaired) electrons. The molecule has 0 atom stereocenters. The quantitative estimate of drug-likeness (QED) is 0.682. The second-order valence-electron chi connectivity index (χ2n) is 3.71. The van der Waals surface area contributed by atoms with Crippen LogP contribution in [0.3, 0.4) is 0 Å². The molecule has 16 heavy (non-hydrogen) atoms. The molecule has 0 unspecified atom stereocenters. The third-order valence-corrected chi connectivity index (χ3v) is 2.77. The van der Waals surface area contributed by atoms with E-state index in [0.29, 0.717) is 5.69 Å². The lowest BCUT2D eigenvalue weighted by Crippen LogP contribution is -2.22. The number of rotatable bonds is 3. The summed E-state index contributed by atoms with van der Waals surface area (Å²) in [6, 6.07) is 3.70. The van der Waals surface area contributed by atoms with Gasteiger partial charge in [0.25, 0.3) is 0 Å². The Morgan fingerprint density at radius 2 is 1.75 bits per heavy atom. The van der Waals surface area contributed by atoms with Gasteiger partial charge in [0.2, 0.25) is 0 Å². The fraction of sp³-hybridized carbons (Fsp3) is 0.364. The van der Waals surface area contributed by atoms with Gasteiger partial charge in [-0.2, -0.15) is 0 Å². The number of fused-ring (bicyclic) bond motifs is 1. The number of nitrogens with two attached hydrogens (primary N) is 1. The van der Waals surface area contributed by atoms with Crippen molar-refractivity contribution < 1.29 is 0 Å². The molecule has 0 amide bonds. The molecule has 2 rings (SSSR count). The van der Waals surface area contributed by atoms with E-state index in [-0.39, 0.29) is 5.69 Å². The summed E-state index contributed by atoms with van der Waals surface area (Å²) in [6.07, 6.45) is 0. The van der Waals surface area contributed by atoms with Crippen LogP contribution in [-0.4, -0.2) is 23.1 Å². The van der Waals surface area contributed by atoms with Crippen molar-refractivity contribution in [1.82, 2.24) is 9.97 Å². The second-order valence-corrected chi connectivity index (χ2v) is 3.71. The Labute approximate surface area is 93.3 Å². The van der Waals surface area contributed by atoms with Crippen LogP contribution in [0.25, 0.3) is 11.0 Å². The number of nitrogen functional groups attached to an aromatic ring is 1. The number of anilines is 2. The van der Waals surface area contributed by atoms with Gasteiger partial charge in [-0.3, -0.25) is 0 Å². The van der Waals surface area contributed by atoms with E-state index in [1.54, 1.807) is 6.07 Å². The SMILES string of the molecule is CCN(CC)c1cc2[nH]c(=O)[nH]c2cc1N. The molecule has 0 fully saturated rings. The average molecular weight is 220 g/mol. The second kappa shape index (κ2) is 3.92. The zero-order valence-electron chi connectivity index (χ0n) is 9.50. The van der Waals surface area contributed by atoms with Crippen molar-refractivity contribution >= 4 is 22.4 Å². The summed E-state index contributed by atoms with van der Waals surface area (Å²) in [5, 5.41) is 0. The third kappa shape index (κ3) is 1.64. The van der Waals surface area contributed by atoms with E-state index in [0.717, 1.165) is 29.8 Å². The predicted octanol–water partition coefficient (Wildman–Crippen LogP) is 1.28. The fourth-order valence-corrected chi connectivity index (χ4v) is 1.93. The first-order valence-electron chi connectivity index (χ1n) is 5.42. The van der Waals surface area contributed by atoms with Gasteiger partial charge >= 0.3 is 5.69 Å². The fourth-order valence-electron chi connectivity index (χ4n) is 1.93. The van der Waals surface area contributed by atoms with Crippen molar-refractivity contribution in [3.63, 3.8) is 0 Å². The Morgan fingerprint density at radius 1 is 1.19 bits per heavy atom. The van der Waals surface area contributed by atoms with E-state index in [2.05, 4.69) is 28.7 Å². The van der Waals surface area contributed by atoms with Crippen LogP contribution in [0, 0.1) is 0 Å². The predicted molar refractivity (Wildman–Crippen MR) is 66.9 cm³/mol. The first-order chi connectivity index (χ1) is 7.65. The zero-order chi connectivity index (χ0) is 11.7. The number of aromatic amines is 2. The highest BCUT2D eigenvalue weighted by molar-refractivity contribution is 5.86. The van der Waals surface area contributed by atoms with Crippen molar-refractivity contribution in [3.8, 4) is 0 Å². The molecule has 0 saturated heterocycles. The highest BCUT2D eigenvalue weighted by Crippen LogP contribution is 2.26. The van der Waals surface area contributed by atoms with Crippen LogP contribution < -0.4 is 16.3 Å². The van der Waals surface area contributed by atoms with Crippen molar-refractivity contribution in [2.24, 2.45) is 0 Å². The normalized spacial score (nSPS) is 10.9. The lowest BCUT2D eigenvalue weighted by Gasteiger charge is -2.22. The van der Waals surface area contributed by atoms with Crippen LogP contribution in [-0.2, 0) is 0 Å². The molecule has 1 aromatic heterocycles. The number of nitrogens with one attached hydrogen (secondary N) is 2. The highest BCUT2D eigenvalue weighted by atomic mass is 16.1. The van der Waals surface area contributed by atoms with Crippen molar-refractivity contribution in [2.45, 2.75) is 13.8 Å². The maximum absolute atomic E-state index is 11.2. The number of H-pyrrole nitrogens is 2. The van der Waals surface area contributed by atoms with Crippen molar-refractivity contribution in [1.29, 1.82) is 0 Å². The number of nitrogens with zero attached hydrogens (tertiary/aromatic N) is 1. The first-order valence-corrected chi connectivity index (χ1v) is 5.42. The minimum atomic E-state index is -0.203. The zero-order valence-corrected chi connectivity index (χ0v) is 9.50. The Balaban J connectivity index is 2.61. The van der Waals surface area contributed by atoms with Gasteiger partial charge in [0, 0.05) is 13.1 Å². The average Bonchev–Trinajstić information content (AvgIpc) is 2.59. The van der Waals surface area contributed by atoms with Crippen LogP contribution in [0.5, 0.6) is 0 Å². The molecule has 0 aliphatic heterocycles. The molecule has 2 aromatic rings. The number of imidazole rings is 1. The lowest BCUT2D eigenvalue weighted by molar-refractivity contribution is 0.868. The summed E-state index contributed by atoms with van der Waals surface area (Å²) in [6.45, 7) is 5.93. The van der Waals surface area contributed by atoms with E-state index >= 15 is 0 Å². The van der Waals surface area contributed by atoms with Gasteiger partial charge in [-0.05, 0) is 26.0 Å². The van der Waals surface area contributed by atoms with E-state index in [4.69, 9.17) is 5.73 Å². The van der Waals surface area contributed by atoms with Gasteiger partial charge in [-0.15, -0.1) is 0 Å². The first kappa shape index (κ1) is 10.6. The topological polar surface area (TPSA) is 77.9 Å². The number of aromatic nitrogens is 2. The summed E-state index contributed by atoms with van der Waals surface area (Å²) in [5.41, 5.74) is 8.96. The van der Waals surface area contributed by atoms with Gasteiger partial charge in [-0.1, -0.05) is 0 Å². The smallest absolute Gasteiger partial charge is 0.323 e. The Kier molecular flexibility index (Phi) is 2.60. The summed E-state index contributed by atoms with van der Waals surface area (Å²) in [5.74, 6) is 0. The van der Waals surface area contributed by atoms with Crippen molar-refractivity contribution in [3.05, 3.63) is 22.6 Å². The largest absolute Gasteiger partial charge is 0.397 e. The minimum absolute atomic E-state index is 0.203. The van der Waals surface area contributed by atoms with Gasteiger partial charge in [-0.25, -0.2) is 4.79 Å². The number of hydrogen-bond acceptors (Lipinski definition) is 3. The monoisotopic (exact) mass is 220 g/mol. The third-order valence-electron chi connectivity index (χ3n) is 2.77. The number of benzene rings is 1. The summed E-state index contributed by atoms with van der Waals surface area (Å²) in [4.78, 5) is 18.7. The standard InChI is InChI=1S/C11H16N4O/c1-3-15(4-2)10-6-9-8(5-7(10)12)13-11(16)14-9/h5-6H,3-4,12H2,1-2H3,(H2,13,14,16). The summed E-state index contributed by atoms with van der Waals surface area (Å²) in [7, 11) is 0. The molecule has 0 saturated carbocycles. The van der Waals surface area contributed by atoms with Crippen molar-refractivity contribution in [2.75, 3.05) is 23.7 Å². The Hall–Kier alpha value is -1.91. The van der Waals surface area contributed by atoms with E-state index in [1.807, 2.05) is 6.07 Å².